The van der Waals surface area contributed by atoms with Crippen LogP contribution in [0.25, 0.3) is 0 Å². The predicted octanol–water partition coefficient (Wildman–Crippen LogP) is 1.26. The number of nitrogens with zero attached hydrogens (tertiary/aromatic N) is 1. The number of carbonyl (C=O) groups is 1. The molecule has 0 unspecified atom stereocenters. The summed E-state index contributed by atoms with van der Waals surface area (Å²) in [6.07, 6.45) is 1.81. The van der Waals surface area contributed by atoms with Crippen molar-refractivity contribution in [2.24, 2.45) is 0 Å². The molecule has 1 N–H and O–H groups in total. The SMILES string of the molecule is CON(C)C(=O)c1[nH]cc(C)c1C. The van der Waals surface area contributed by atoms with E-state index in [4.69, 9.17) is 4.84 Å². The number of aromatic amines is 1. The molecule has 0 saturated heterocycles. The topological polar surface area (TPSA) is 45.3 Å². The number of hydroxylamine groups is 2. The average molecular weight is 182 g/mol. The van der Waals surface area contributed by atoms with Gasteiger partial charge in [0.15, 0.2) is 0 Å². The largest absolute Gasteiger partial charge is 0.357 e. The van der Waals surface area contributed by atoms with E-state index in [0.29, 0.717) is 5.69 Å². The van der Waals surface area contributed by atoms with Crippen molar-refractivity contribution in [3.63, 3.8) is 0 Å². The van der Waals surface area contributed by atoms with E-state index < -0.39 is 0 Å². The fourth-order valence-electron chi connectivity index (χ4n) is 1.06. The highest BCUT2D eigenvalue weighted by Crippen LogP contribution is 2.12. The van der Waals surface area contributed by atoms with Crippen molar-refractivity contribution >= 4 is 5.91 Å². The second kappa shape index (κ2) is 3.62. The van der Waals surface area contributed by atoms with E-state index in [-0.39, 0.29) is 5.91 Å². The van der Waals surface area contributed by atoms with Gasteiger partial charge in [-0.25, -0.2) is 5.06 Å². The van der Waals surface area contributed by atoms with Gasteiger partial charge in [0.05, 0.1) is 7.11 Å². The number of aryl methyl sites for hydroxylation is 1. The summed E-state index contributed by atoms with van der Waals surface area (Å²) < 4.78 is 0. The molecule has 0 spiro atoms. The van der Waals surface area contributed by atoms with Crippen LogP contribution in [0.4, 0.5) is 0 Å². The lowest BCUT2D eigenvalue weighted by molar-refractivity contribution is -0.0760. The Bertz CT molecular complexity index is 317. The number of nitrogens with one attached hydrogen (secondary N) is 1. The molecule has 0 saturated carbocycles. The quantitative estimate of drug-likeness (QED) is 0.700. The molecule has 0 fully saturated rings. The summed E-state index contributed by atoms with van der Waals surface area (Å²) in [5.41, 5.74) is 2.63. The lowest BCUT2D eigenvalue weighted by Gasteiger charge is -2.12. The van der Waals surface area contributed by atoms with Crippen LogP contribution in [0.5, 0.6) is 0 Å². The third-order valence-corrected chi connectivity index (χ3v) is 2.17. The highest BCUT2D eigenvalue weighted by molar-refractivity contribution is 5.93. The molecule has 13 heavy (non-hydrogen) atoms. The first-order valence-electron chi connectivity index (χ1n) is 4.04. The van der Waals surface area contributed by atoms with E-state index in [9.17, 15) is 4.79 Å². The van der Waals surface area contributed by atoms with Gasteiger partial charge in [-0.3, -0.25) is 9.63 Å². The molecule has 4 heteroatoms. The molecule has 0 aliphatic rings. The van der Waals surface area contributed by atoms with Crippen LogP contribution in [0.1, 0.15) is 21.6 Å². The molecule has 0 atom stereocenters. The highest BCUT2D eigenvalue weighted by Gasteiger charge is 2.16. The van der Waals surface area contributed by atoms with Crippen LogP contribution in [-0.4, -0.2) is 30.1 Å². The zero-order valence-electron chi connectivity index (χ0n) is 8.34. The van der Waals surface area contributed by atoms with Crippen LogP contribution in [0, 0.1) is 13.8 Å². The third-order valence-electron chi connectivity index (χ3n) is 2.17. The van der Waals surface area contributed by atoms with Gasteiger partial charge in [-0.15, -0.1) is 0 Å². The zero-order valence-corrected chi connectivity index (χ0v) is 8.34. The van der Waals surface area contributed by atoms with E-state index in [1.54, 1.807) is 7.05 Å². The summed E-state index contributed by atoms with van der Waals surface area (Å²) in [7, 11) is 3.04. The standard InChI is InChI=1S/C9H14N2O2/c1-6-5-10-8(7(6)2)9(12)11(3)13-4/h5,10H,1-4H3. The van der Waals surface area contributed by atoms with Crippen molar-refractivity contribution in [1.29, 1.82) is 0 Å². The normalized spacial score (nSPS) is 10.2. The Kier molecular flexibility index (Phi) is 2.72. The van der Waals surface area contributed by atoms with Crippen LogP contribution < -0.4 is 0 Å². The van der Waals surface area contributed by atoms with Crippen LogP contribution >= 0.6 is 0 Å². The number of amides is 1. The molecular weight excluding hydrogens is 168 g/mol. The fourth-order valence-corrected chi connectivity index (χ4v) is 1.06. The predicted molar refractivity (Wildman–Crippen MR) is 49.4 cm³/mol. The maximum absolute atomic E-state index is 11.6. The first kappa shape index (κ1) is 9.80. The molecule has 0 aliphatic carbocycles. The minimum atomic E-state index is -0.159. The second-order valence-corrected chi connectivity index (χ2v) is 2.96. The summed E-state index contributed by atoms with van der Waals surface area (Å²) in [5.74, 6) is -0.159. The first-order chi connectivity index (χ1) is 6.07. The Morgan fingerprint density at radius 3 is 2.54 bits per heavy atom. The molecule has 0 radical (unpaired) electrons. The number of rotatable bonds is 2. The van der Waals surface area contributed by atoms with Crippen molar-refractivity contribution in [3.8, 4) is 0 Å². The smallest absolute Gasteiger partial charge is 0.293 e. The molecule has 72 valence electrons. The van der Waals surface area contributed by atoms with Crippen LogP contribution in [0.15, 0.2) is 6.20 Å². The minimum absolute atomic E-state index is 0.159. The molecule has 0 aliphatic heterocycles. The Hall–Kier alpha value is -1.29. The van der Waals surface area contributed by atoms with Gasteiger partial charge in [0, 0.05) is 13.2 Å². The minimum Gasteiger partial charge on any atom is -0.357 e. The first-order valence-corrected chi connectivity index (χ1v) is 4.04. The summed E-state index contributed by atoms with van der Waals surface area (Å²) in [5, 5.41) is 1.19. The fraction of sp³-hybridized carbons (Fsp3) is 0.444. The van der Waals surface area contributed by atoms with E-state index in [0.717, 1.165) is 11.1 Å². The Morgan fingerprint density at radius 2 is 2.15 bits per heavy atom. The molecule has 1 rings (SSSR count). The average Bonchev–Trinajstić information content (AvgIpc) is 2.45. The molecule has 1 aromatic heterocycles. The van der Waals surface area contributed by atoms with Gasteiger partial charge in [0.1, 0.15) is 5.69 Å². The van der Waals surface area contributed by atoms with Gasteiger partial charge >= 0.3 is 0 Å². The highest BCUT2D eigenvalue weighted by atomic mass is 16.7. The molecule has 0 bridgehead atoms. The second-order valence-electron chi connectivity index (χ2n) is 2.96. The molecule has 4 nitrogen and oxygen atoms in total. The van der Waals surface area contributed by atoms with Gasteiger partial charge in [0.2, 0.25) is 0 Å². The summed E-state index contributed by atoms with van der Waals surface area (Å²) in [6.45, 7) is 3.86. The third kappa shape index (κ3) is 1.72. The monoisotopic (exact) mass is 182 g/mol. The summed E-state index contributed by atoms with van der Waals surface area (Å²) in [4.78, 5) is 19.3. The van der Waals surface area contributed by atoms with E-state index in [1.807, 2.05) is 20.0 Å². The summed E-state index contributed by atoms with van der Waals surface area (Å²) in [6, 6.07) is 0. The Balaban J connectivity index is 2.95. The Labute approximate surface area is 77.5 Å². The lowest BCUT2D eigenvalue weighted by Crippen LogP contribution is -2.26. The van der Waals surface area contributed by atoms with Crippen molar-refractivity contribution in [1.82, 2.24) is 10.0 Å². The van der Waals surface area contributed by atoms with Crippen LogP contribution in [0.3, 0.4) is 0 Å². The maximum Gasteiger partial charge on any atom is 0.293 e. The number of carbonyl (C=O) groups excluding carboxylic acids is 1. The maximum atomic E-state index is 11.6. The molecule has 0 aromatic carbocycles. The van der Waals surface area contributed by atoms with Crippen molar-refractivity contribution in [3.05, 3.63) is 23.0 Å². The van der Waals surface area contributed by atoms with E-state index in [2.05, 4.69) is 4.98 Å². The van der Waals surface area contributed by atoms with Gasteiger partial charge in [-0.2, -0.15) is 0 Å². The molecular formula is C9H14N2O2. The van der Waals surface area contributed by atoms with E-state index >= 15 is 0 Å². The van der Waals surface area contributed by atoms with Gasteiger partial charge < -0.3 is 4.98 Å². The number of hydrogen-bond acceptors (Lipinski definition) is 2. The van der Waals surface area contributed by atoms with Crippen LogP contribution in [0.2, 0.25) is 0 Å². The zero-order chi connectivity index (χ0) is 10.0. The lowest BCUT2D eigenvalue weighted by atomic mass is 10.2. The van der Waals surface area contributed by atoms with E-state index in [1.165, 1.54) is 12.2 Å². The van der Waals surface area contributed by atoms with Crippen LogP contribution in [-0.2, 0) is 4.84 Å². The number of H-pyrrole nitrogens is 1. The molecule has 1 heterocycles. The van der Waals surface area contributed by atoms with Gasteiger partial charge in [-0.05, 0) is 25.0 Å². The van der Waals surface area contributed by atoms with Gasteiger partial charge in [-0.1, -0.05) is 0 Å². The number of aromatic nitrogens is 1. The van der Waals surface area contributed by atoms with Crippen molar-refractivity contribution < 1.29 is 9.63 Å². The number of hydrogen-bond donors (Lipinski definition) is 1. The van der Waals surface area contributed by atoms with Crippen molar-refractivity contribution in [2.45, 2.75) is 13.8 Å². The molecule has 1 aromatic rings. The Morgan fingerprint density at radius 1 is 1.54 bits per heavy atom. The van der Waals surface area contributed by atoms with Gasteiger partial charge in [0.25, 0.3) is 5.91 Å². The molecule has 1 amide bonds. The van der Waals surface area contributed by atoms with Crippen molar-refractivity contribution in [2.75, 3.05) is 14.2 Å². The summed E-state index contributed by atoms with van der Waals surface area (Å²) >= 11 is 0.